The van der Waals surface area contributed by atoms with Crippen molar-refractivity contribution < 1.29 is 32.6 Å². The molecule has 0 bridgehead atoms. The average molecular weight is 633 g/mol. The van der Waals surface area contributed by atoms with E-state index in [4.69, 9.17) is 19.9 Å². The summed E-state index contributed by atoms with van der Waals surface area (Å²) in [4.78, 5) is 34.4. The average Bonchev–Trinajstić information content (AvgIpc) is 3.61. The number of amides is 2. The van der Waals surface area contributed by atoms with E-state index >= 15 is 4.39 Å². The summed E-state index contributed by atoms with van der Waals surface area (Å²) in [6.07, 6.45) is 1.55. The monoisotopic (exact) mass is 632 g/mol. The van der Waals surface area contributed by atoms with Crippen LogP contribution in [0.3, 0.4) is 0 Å². The number of benzene rings is 3. The Balaban J connectivity index is 1.46. The van der Waals surface area contributed by atoms with Crippen LogP contribution >= 0.6 is 0 Å². The Labute approximate surface area is 266 Å². The first-order chi connectivity index (χ1) is 22.1. The van der Waals surface area contributed by atoms with E-state index in [-0.39, 0.29) is 29.0 Å². The second-order valence-corrected chi connectivity index (χ2v) is 11.3. The minimum absolute atomic E-state index is 0.112. The number of methoxy groups -OCH3 is 1. The van der Waals surface area contributed by atoms with Crippen LogP contribution in [0.5, 0.6) is 23.0 Å². The standard InChI is InChI=1S/C35H38F2N4O5/c1-6-40(7-2)16-17-45-32-20-28-26(19-31(32)44-5)29(14-15-39-28)46-30-13-12-25(18-27(30)37)41(24-10-8-23(36)9-11-24)34(43)35(33(38)42)21(3)22(35)4/h8-15,18-22H,6-7,16-17H2,1-5H3,(H2,38,42)/t21-,22+,35+. The van der Waals surface area contributed by atoms with Gasteiger partial charge in [0.25, 0.3) is 0 Å². The summed E-state index contributed by atoms with van der Waals surface area (Å²) < 4.78 is 47.2. The van der Waals surface area contributed by atoms with Crippen molar-refractivity contribution >= 4 is 34.1 Å². The van der Waals surface area contributed by atoms with Gasteiger partial charge in [0.15, 0.2) is 23.1 Å². The van der Waals surface area contributed by atoms with Gasteiger partial charge in [-0.2, -0.15) is 0 Å². The molecule has 3 aromatic carbocycles. The number of pyridine rings is 1. The van der Waals surface area contributed by atoms with Crippen LogP contribution in [0.15, 0.2) is 66.9 Å². The molecule has 1 aromatic heterocycles. The zero-order chi connectivity index (χ0) is 33.2. The highest BCUT2D eigenvalue weighted by atomic mass is 19.1. The van der Waals surface area contributed by atoms with E-state index in [1.807, 2.05) is 0 Å². The quantitative estimate of drug-likeness (QED) is 0.169. The van der Waals surface area contributed by atoms with E-state index in [1.165, 1.54) is 48.4 Å². The van der Waals surface area contributed by atoms with Gasteiger partial charge in [-0.25, -0.2) is 8.78 Å². The fourth-order valence-electron chi connectivity index (χ4n) is 6.02. The zero-order valence-electron chi connectivity index (χ0n) is 26.6. The second-order valence-electron chi connectivity index (χ2n) is 11.3. The van der Waals surface area contributed by atoms with E-state index < -0.39 is 28.9 Å². The predicted molar refractivity (Wildman–Crippen MR) is 172 cm³/mol. The number of carbonyl (C=O) groups is 2. The van der Waals surface area contributed by atoms with Gasteiger partial charge in [-0.1, -0.05) is 27.7 Å². The van der Waals surface area contributed by atoms with Crippen LogP contribution in [0.2, 0.25) is 0 Å². The Morgan fingerprint density at radius 2 is 1.57 bits per heavy atom. The summed E-state index contributed by atoms with van der Waals surface area (Å²) in [6.45, 7) is 10.8. The summed E-state index contributed by atoms with van der Waals surface area (Å²) >= 11 is 0. The number of likely N-dealkylation sites (N-methyl/N-ethyl adjacent to an activating group) is 1. The minimum atomic E-state index is -1.47. The number of rotatable bonds is 13. The van der Waals surface area contributed by atoms with E-state index in [9.17, 15) is 14.0 Å². The van der Waals surface area contributed by atoms with E-state index in [2.05, 4.69) is 23.7 Å². The molecule has 1 fully saturated rings. The third-order valence-electron chi connectivity index (χ3n) is 9.07. The van der Waals surface area contributed by atoms with Gasteiger partial charge in [0.2, 0.25) is 11.8 Å². The lowest BCUT2D eigenvalue weighted by atomic mass is 9.98. The maximum atomic E-state index is 15.8. The molecular weight excluding hydrogens is 594 g/mol. The molecule has 0 saturated heterocycles. The lowest BCUT2D eigenvalue weighted by molar-refractivity contribution is -0.134. The number of nitrogens with two attached hydrogens (primary N) is 1. The Morgan fingerprint density at radius 3 is 2.15 bits per heavy atom. The van der Waals surface area contributed by atoms with Gasteiger partial charge in [0, 0.05) is 35.9 Å². The second kappa shape index (κ2) is 13.3. The molecule has 0 aliphatic heterocycles. The van der Waals surface area contributed by atoms with Crippen LogP contribution in [0, 0.1) is 28.9 Å². The SMILES string of the molecule is CCN(CC)CCOc1cc2nccc(Oc3ccc(N(C(=O)[C@@]4(C(N)=O)[C@H](C)[C@@H]4C)c4ccc(F)cc4)cc3F)c2cc1OC. The number of aromatic nitrogens is 1. The number of hydrogen-bond acceptors (Lipinski definition) is 7. The van der Waals surface area contributed by atoms with Gasteiger partial charge in [-0.05, 0) is 73.5 Å². The summed E-state index contributed by atoms with van der Waals surface area (Å²) in [5.74, 6) is -2.08. The Hall–Kier alpha value is -4.77. The molecule has 0 spiro atoms. The van der Waals surface area contributed by atoms with Gasteiger partial charge in [0.05, 0.1) is 18.3 Å². The largest absolute Gasteiger partial charge is 0.493 e. The maximum absolute atomic E-state index is 15.8. The van der Waals surface area contributed by atoms with Crippen molar-refractivity contribution in [3.8, 4) is 23.0 Å². The van der Waals surface area contributed by atoms with Crippen molar-refractivity contribution in [1.29, 1.82) is 0 Å². The molecule has 242 valence electrons. The molecular formula is C35H38F2N4O5. The van der Waals surface area contributed by atoms with Crippen molar-refractivity contribution in [2.75, 3.05) is 38.3 Å². The molecule has 0 radical (unpaired) electrons. The normalized spacial score (nSPS) is 18.8. The highest BCUT2D eigenvalue weighted by molar-refractivity contribution is 6.17. The molecule has 4 aromatic rings. The number of anilines is 2. The molecule has 9 nitrogen and oxygen atoms in total. The van der Waals surface area contributed by atoms with Crippen LogP contribution in [0.4, 0.5) is 20.2 Å². The van der Waals surface area contributed by atoms with Gasteiger partial charge < -0.3 is 24.8 Å². The van der Waals surface area contributed by atoms with Crippen molar-refractivity contribution in [3.05, 3.63) is 78.5 Å². The van der Waals surface area contributed by atoms with Crippen molar-refractivity contribution in [3.63, 3.8) is 0 Å². The number of halogens is 2. The van der Waals surface area contributed by atoms with Gasteiger partial charge in [-0.15, -0.1) is 0 Å². The highest BCUT2D eigenvalue weighted by Gasteiger charge is 2.70. The lowest BCUT2D eigenvalue weighted by Gasteiger charge is -2.27. The summed E-state index contributed by atoms with van der Waals surface area (Å²) in [5, 5.41) is 0.571. The molecule has 2 amide bonds. The zero-order valence-corrected chi connectivity index (χ0v) is 26.6. The molecule has 46 heavy (non-hydrogen) atoms. The molecule has 1 heterocycles. The minimum Gasteiger partial charge on any atom is -0.493 e. The number of hydrogen-bond donors (Lipinski definition) is 1. The first-order valence-corrected chi connectivity index (χ1v) is 15.3. The molecule has 3 atom stereocenters. The Bertz CT molecular complexity index is 1740. The van der Waals surface area contributed by atoms with Crippen molar-refractivity contribution in [2.24, 2.45) is 23.0 Å². The number of ether oxygens (including phenoxy) is 3. The van der Waals surface area contributed by atoms with Crippen LogP contribution in [0.1, 0.15) is 27.7 Å². The first kappa shape index (κ1) is 32.6. The predicted octanol–water partition coefficient (Wildman–Crippen LogP) is 6.46. The van der Waals surface area contributed by atoms with Gasteiger partial charge in [0.1, 0.15) is 23.6 Å². The third kappa shape index (κ3) is 5.94. The highest BCUT2D eigenvalue weighted by Crippen LogP contribution is 2.60. The number of nitrogens with zero attached hydrogens (tertiary/aromatic N) is 3. The Kier molecular flexibility index (Phi) is 9.43. The van der Waals surface area contributed by atoms with Crippen molar-refractivity contribution in [2.45, 2.75) is 27.7 Å². The fourth-order valence-corrected chi connectivity index (χ4v) is 6.02. The number of primary amides is 1. The molecule has 5 rings (SSSR count). The maximum Gasteiger partial charge on any atom is 0.247 e. The summed E-state index contributed by atoms with van der Waals surface area (Å²) in [5.41, 5.74) is 5.21. The van der Waals surface area contributed by atoms with Crippen LogP contribution in [-0.2, 0) is 9.59 Å². The molecule has 1 aliphatic carbocycles. The molecule has 1 aliphatic rings. The molecule has 2 N–H and O–H groups in total. The number of carbonyl (C=O) groups excluding carboxylic acids is 2. The van der Waals surface area contributed by atoms with Gasteiger partial charge in [-0.3, -0.25) is 19.5 Å². The summed E-state index contributed by atoms with van der Waals surface area (Å²) in [6, 6.07) is 14.3. The van der Waals surface area contributed by atoms with E-state index in [1.54, 1.807) is 38.2 Å². The van der Waals surface area contributed by atoms with E-state index in [0.717, 1.165) is 25.7 Å². The van der Waals surface area contributed by atoms with Gasteiger partial charge >= 0.3 is 0 Å². The molecule has 0 unspecified atom stereocenters. The lowest BCUT2D eigenvalue weighted by Crippen LogP contribution is -2.43. The molecule has 1 saturated carbocycles. The molecule has 11 heteroatoms. The van der Waals surface area contributed by atoms with E-state index in [0.29, 0.717) is 34.8 Å². The fraction of sp³-hybridized carbons (Fsp3) is 0.343. The van der Waals surface area contributed by atoms with Crippen LogP contribution in [0.25, 0.3) is 10.9 Å². The number of fused-ring (bicyclic) bond motifs is 1. The Morgan fingerprint density at radius 1 is 0.891 bits per heavy atom. The van der Waals surface area contributed by atoms with Crippen LogP contribution < -0.4 is 24.8 Å². The third-order valence-corrected chi connectivity index (χ3v) is 9.07. The smallest absolute Gasteiger partial charge is 0.247 e. The van der Waals surface area contributed by atoms with Crippen molar-refractivity contribution in [1.82, 2.24) is 9.88 Å². The van der Waals surface area contributed by atoms with Crippen LogP contribution in [-0.4, -0.2) is 55.0 Å². The summed E-state index contributed by atoms with van der Waals surface area (Å²) in [7, 11) is 1.54. The first-order valence-electron chi connectivity index (χ1n) is 15.3. The topological polar surface area (TPSA) is 107 Å².